The first-order chi connectivity index (χ1) is 8.55. The normalized spacial score (nSPS) is 20.1. The molecule has 0 bridgehead atoms. The van der Waals surface area contributed by atoms with E-state index in [2.05, 4.69) is 55.7 Å². The fourth-order valence-corrected chi connectivity index (χ4v) is 2.47. The van der Waals surface area contributed by atoms with E-state index in [0.29, 0.717) is 0 Å². The summed E-state index contributed by atoms with van der Waals surface area (Å²) in [6, 6.07) is 8.87. The predicted molar refractivity (Wildman–Crippen MR) is 79.2 cm³/mol. The van der Waals surface area contributed by atoms with Crippen LogP contribution in [0.15, 0.2) is 24.3 Å². The van der Waals surface area contributed by atoms with Gasteiger partial charge in [0.05, 0.1) is 0 Å². The van der Waals surface area contributed by atoms with Crippen LogP contribution in [0.25, 0.3) is 0 Å². The molecule has 1 fully saturated rings. The number of rotatable bonds is 4. The Morgan fingerprint density at radius 2 is 1.94 bits per heavy atom. The van der Waals surface area contributed by atoms with Crippen molar-refractivity contribution in [3.05, 3.63) is 29.8 Å². The molecule has 2 N–H and O–H groups in total. The van der Waals surface area contributed by atoms with E-state index in [9.17, 15) is 0 Å². The molecule has 0 radical (unpaired) electrons. The number of benzene rings is 1. The van der Waals surface area contributed by atoms with E-state index in [1.54, 1.807) is 0 Å². The highest BCUT2D eigenvalue weighted by Crippen LogP contribution is 2.23. The maximum absolute atomic E-state index is 3.52. The third kappa shape index (κ3) is 3.74. The van der Waals surface area contributed by atoms with Crippen LogP contribution in [0.5, 0.6) is 0 Å². The van der Waals surface area contributed by atoms with E-state index in [1.165, 1.54) is 37.2 Å². The first kappa shape index (κ1) is 13.4. The minimum absolute atomic E-state index is 0.244. The SMILES string of the molecule is CC(C)(C)c1ccc(NCCC2CCNC2)cc1. The molecule has 0 aromatic heterocycles. The number of anilines is 1. The zero-order valence-electron chi connectivity index (χ0n) is 11.9. The van der Waals surface area contributed by atoms with Gasteiger partial charge in [-0.15, -0.1) is 0 Å². The number of nitrogens with one attached hydrogen (secondary N) is 2. The molecule has 1 aliphatic heterocycles. The van der Waals surface area contributed by atoms with Crippen LogP contribution in [0.3, 0.4) is 0 Å². The zero-order chi connectivity index (χ0) is 13.0. The van der Waals surface area contributed by atoms with E-state index in [0.717, 1.165) is 12.5 Å². The summed E-state index contributed by atoms with van der Waals surface area (Å²) in [5.74, 6) is 0.867. The van der Waals surface area contributed by atoms with Crippen LogP contribution >= 0.6 is 0 Å². The Bertz CT molecular complexity index is 356. The highest BCUT2D eigenvalue weighted by Gasteiger charge is 2.14. The van der Waals surface area contributed by atoms with Gasteiger partial charge >= 0.3 is 0 Å². The highest BCUT2D eigenvalue weighted by molar-refractivity contribution is 5.45. The average molecular weight is 246 g/mol. The largest absolute Gasteiger partial charge is 0.385 e. The summed E-state index contributed by atoms with van der Waals surface area (Å²) < 4.78 is 0. The van der Waals surface area contributed by atoms with Gasteiger partial charge in [-0.1, -0.05) is 32.9 Å². The van der Waals surface area contributed by atoms with Crippen molar-refractivity contribution < 1.29 is 0 Å². The van der Waals surface area contributed by atoms with Crippen molar-refractivity contribution in [3.8, 4) is 0 Å². The van der Waals surface area contributed by atoms with E-state index < -0.39 is 0 Å². The van der Waals surface area contributed by atoms with Gasteiger partial charge in [-0.2, -0.15) is 0 Å². The molecule has 2 nitrogen and oxygen atoms in total. The van der Waals surface area contributed by atoms with Crippen LogP contribution in [-0.2, 0) is 5.41 Å². The van der Waals surface area contributed by atoms with Crippen molar-refractivity contribution in [2.45, 2.75) is 39.0 Å². The topological polar surface area (TPSA) is 24.1 Å². The molecule has 1 aromatic carbocycles. The summed E-state index contributed by atoms with van der Waals surface area (Å²) in [4.78, 5) is 0. The second-order valence-corrected chi connectivity index (χ2v) is 6.40. The quantitative estimate of drug-likeness (QED) is 0.851. The summed E-state index contributed by atoms with van der Waals surface area (Å²) in [6.45, 7) is 10.2. The van der Waals surface area contributed by atoms with Gasteiger partial charge in [0.25, 0.3) is 0 Å². The van der Waals surface area contributed by atoms with Crippen molar-refractivity contribution in [2.75, 3.05) is 25.0 Å². The second-order valence-electron chi connectivity index (χ2n) is 6.40. The third-order valence-electron chi connectivity index (χ3n) is 3.80. The van der Waals surface area contributed by atoms with Gasteiger partial charge in [0, 0.05) is 12.2 Å². The van der Waals surface area contributed by atoms with Crippen LogP contribution in [0.4, 0.5) is 5.69 Å². The fourth-order valence-electron chi connectivity index (χ4n) is 2.47. The lowest BCUT2D eigenvalue weighted by atomic mass is 9.87. The van der Waals surface area contributed by atoms with Crippen molar-refractivity contribution >= 4 is 5.69 Å². The van der Waals surface area contributed by atoms with E-state index in [-0.39, 0.29) is 5.41 Å². The van der Waals surface area contributed by atoms with Gasteiger partial charge < -0.3 is 10.6 Å². The van der Waals surface area contributed by atoms with Gasteiger partial charge in [-0.05, 0) is 55.0 Å². The molecule has 100 valence electrons. The minimum atomic E-state index is 0.244. The lowest BCUT2D eigenvalue weighted by molar-refractivity contribution is 0.549. The molecule has 2 heteroatoms. The van der Waals surface area contributed by atoms with Crippen molar-refractivity contribution in [1.29, 1.82) is 0 Å². The maximum Gasteiger partial charge on any atom is 0.0340 e. The molecule has 1 aliphatic rings. The van der Waals surface area contributed by atoms with Crippen LogP contribution < -0.4 is 10.6 Å². The monoisotopic (exact) mass is 246 g/mol. The maximum atomic E-state index is 3.52. The average Bonchev–Trinajstić information content (AvgIpc) is 2.82. The van der Waals surface area contributed by atoms with Crippen molar-refractivity contribution in [2.24, 2.45) is 5.92 Å². The Morgan fingerprint density at radius 3 is 2.50 bits per heavy atom. The molecular formula is C16H26N2. The molecule has 0 aliphatic carbocycles. The molecule has 18 heavy (non-hydrogen) atoms. The summed E-state index contributed by atoms with van der Waals surface area (Å²) in [5, 5.41) is 6.94. The molecule has 0 amide bonds. The smallest absolute Gasteiger partial charge is 0.0340 e. The molecule has 1 heterocycles. The van der Waals surface area contributed by atoms with Gasteiger partial charge in [-0.25, -0.2) is 0 Å². The molecule has 1 saturated heterocycles. The van der Waals surface area contributed by atoms with Gasteiger partial charge in [-0.3, -0.25) is 0 Å². The summed E-state index contributed by atoms with van der Waals surface area (Å²) in [7, 11) is 0. The predicted octanol–water partition coefficient (Wildman–Crippen LogP) is 3.40. The Kier molecular flexibility index (Phi) is 4.28. The fraction of sp³-hybridized carbons (Fsp3) is 0.625. The first-order valence-electron chi connectivity index (χ1n) is 7.11. The van der Waals surface area contributed by atoms with Crippen LogP contribution in [-0.4, -0.2) is 19.6 Å². The molecule has 0 spiro atoms. The van der Waals surface area contributed by atoms with Crippen LogP contribution in [0, 0.1) is 5.92 Å². The van der Waals surface area contributed by atoms with E-state index in [4.69, 9.17) is 0 Å². The van der Waals surface area contributed by atoms with Crippen molar-refractivity contribution in [1.82, 2.24) is 5.32 Å². The van der Waals surface area contributed by atoms with Gasteiger partial charge in [0.1, 0.15) is 0 Å². The Labute approximate surface area is 111 Å². The van der Waals surface area contributed by atoms with Crippen LogP contribution in [0.2, 0.25) is 0 Å². The van der Waals surface area contributed by atoms with E-state index >= 15 is 0 Å². The summed E-state index contributed by atoms with van der Waals surface area (Å²) in [6.07, 6.45) is 2.61. The van der Waals surface area contributed by atoms with Gasteiger partial charge in [0.15, 0.2) is 0 Å². The minimum Gasteiger partial charge on any atom is -0.385 e. The lowest BCUT2D eigenvalue weighted by Gasteiger charge is -2.19. The van der Waals surface area contributed by atoms with Gasteiger partial charge in [0.2, 0.25) is 0 Å². The van der Waals surface area contributed by atoms with Crippen LogP contribution in [0.1, 0.15) is 39.2 Å². The Balaban J connectivity index is 1.79. The molecule has 1 aromatic rings. The highest BCUT2D eigenvalue weighted by atomic mass is 14.9. The summed E-state index contributed by atoms with van der Waals surface area (Å²) in [5.41, 5.74) is 2.88. The summed E-state index contributed by atoms with van der Waals surface area (Å²) >= 11 is 0. The molecule has 1 unspecified atom stereocenters. The lowest BCUT2D eigenvalue weighted by Crippen LogP contribution is -2.13. The third-order valence-corrected chi connectivity index (χ3v) is 3.80. The van der Waals surface area contributed by atoms with Crippen molar-refractivity contribution in [3.63, 3.8) is 0 Å². The molecule has 2 rings (SSSR count). The van der Waals surface area contributed by atoms with E-state index in [1.807, 2.05) is 0 Å². The number of hydrogen-bond acceptors (Lipinski definition) is 2. The molecule has 1 atom stereocenters. The Morgan fingerprint density at radius 1 is 1.22 bits per heavy atom. The first-order valence-corrected chi connectivity index (χ1v) is 7.11. The second kappa shape index (κ2) is 5.75. The molecular weight excluding hydrogens is 220 g/mol. The number of hydrogen-bond donors (Lipinski definition) is 2. The zero-order valence-corrected chi connectivity index (χ0v) is 11.9. The molecule has 0 saturated carbocycles. The standard InChI is InChI=1S/C16H26N2/c1-16(2,3)14-4-6-15(7-5-14)18-11-9-13-8-10-17-12-13/h4-7,13,17-18H,8-12H2,1-3H3. The Hall–Kier alpha value is -1.02.